The smallest absolute Gasteiger partial charge is 0.260 e. The zero-order chi connectivity index (χ0) is 14.9. The third-order valence-electron chi connectivity index (χ3n) is 3.09. The molecule has 0 fully saturated rings. The van der Waals surface area contributed by atoms with Gasteiger partial charge < -0.3 is 9.90 Å². The van der Waals surface area contributed by atoms with Crippen molar-refractivity contribution in [3.05, 3.63) is 35.4 Å². The first-order chi connectivity index (χ1) is 9.27. The Bertz CT molecular complexity index is 570. The molecule has 1 aromatic rings. The molecule has 0 unspecified atom stereocenters. The number of thioether (sulfide) groups is 1. The van der Waals surface area contributed by atoms with E-state index >= 15 is 0 Å². The lowest BCUT2D eigenvalue weighted by atomic mass is 9.87. The standard InChI is InChI=1S/C15H17NO3S/c1-15(2,3)10-6-4-9(5-7-10)14-16-13(19)11(20-14)8-12(17)18/h4-7,11H,8H2,1-3H3,(H,17,18)/p-1/t11-/m0/s1. The van der Waals surface area contributed by atoms with Gasteiger partial charge in [0.1, 0.15) is 5.04 Å². The van der Waals surface area contributed by atoms with Crippen molar-refractivity contribution in [2.45, 2.75) is 37.9 Å². The van der Waals surface area contributed by atoms with Gasteiger partial charge in [-0.15, -0.1) is 0 Å². The summed E-state index contributed by atoms with van der Waals surface area (Å²) in [6.07, 6.45) is -0.295. The van der Waals surface area contributed by atoms with Gasteiger partial charge in [-0.05, 0) is 11.0 Å². The number of carbonyl (C=O) groups is 2. The third kappa shape index (κ3) is 3.28. The molecule has 0 aromatic heterocycles. The minimum absolute atomic E-state index is 0.0660. The van der Waals surface area contributed by atoms with Crippen LogP contribution in [0.5, 0.6) is 0 Å². The Labute approximate surface area is 122 Å². The molecule has 20 heavy (non-hydrogen) atoms. The van der Waals surface area contributed by atoms with Gasteiger partial charge in [-0.3, -0.25) is 4.79 Å². The second-order valence-corrected chi connectivity index (χ2v) is 6.96. The number of benzene rings is 1. The van der Waals surface area contributed by atoms with E-state index in [4.69, 9.17) is 0 Å². The summed E-state index contributed by atoms with van der Waals surface area (Å²) in [5.74, 6) is -1.62. The molecular weight excluding hydrogens is 274 g/mol. The summed E-state index contributed by atoms with van der Waals surface area (Å²) in [5.41, 5.74) is 2.11. The molecule has 0 aliphatic carbocycles. The lowest BCUT2D eigenvalue weighted by Gasteiger charge is -2.19. The van der Waals surface area contributed by atoms with E-state index in [2.05, 4.69) is 25.8 Å². The van der Waals surface area contributed by atoms with Crippen molar-refractivity contribution in [1.29, 1.82) is 0 Å². The van der Waals surface area contributed by atoms with E-state index in [0.717, 1.165) is 5.56 Å². The molecule has 0 saturated heterocycles. The zero-order valence-electron chi connectivity index (χ0n) is 11.7. The molecule has 106 valence electrons. The largest absolute Gasteiger partial charge is 0.550 e. The van der Waals surface area contributed by atoms with E-state index in [9.17, 15) is 14.7 Å². The summed E-state index contributed by atoms with van der Waals surface area (Å²) in [7, 11) is 0. The van der Waals surface area contributed by atoms with Crippen LogP contribution in [0.1, 0.15) is 38.3 Å². The van der Waals surface area contributed by atoms with E-state index in [0.29, 0.717) is 5.04 Å². The molecule has 1 atom stereocenters. The van der Waals surface area contributed by atoms with Crippen molar-refractivity contribution < 1.29 is 14.7 Å². The summed E-state index contributed by atoms with van der Waals surface area (Å²) >= 11 is 1.19. The van der Waals surface area contributed by atoms with Crippen molar-refractivity contribution in [2.24, 2.45) is 4.99 Å². The highest BCUT2D eigenvalue weighted by Gasteiger charge is 2.29. The van der Waals surface area contributed by atoms with Crippen molar-refractivity contribution in [2.75, 3.05) is 0 Å². The van der Waals surface area contributed by atoms with Gasteiger partial charge in [-0.25, -0.2) is 4.99 Å². The fraction of sp³-hybridized carbons (Fsp3) is 0.400. The van der Waals surface area contributed by atoms with Crippen LogP contribution in [0.15, 0.2) is 29.3 Å². The van der Waals surface area contributed by atoms with Crippen LogP contribution in [0.2, 0.25) is 0 Å². The number of aliphatic imine (C=N–C) groups is 1. The summed E-state index contributed by atoms with van der Waals surface area (Å²) in [5, 5.41) is 10.5. The molecule has 0 N–H and O–H groups in total. The topological polar surface area (TPSA) is 69.6 Å². The van der Waals surface area contributed by atoms with Crippen LogP contribution in [0.4, 0.5) is 0 Å². The maximum atomic E-state index is 11.6. The molecule has 1 aromatic carbocycles. The van der Waals surface area contributed by atoms with Crippen molar-refractivity contribution in [3.8, 4) is 0 Å². The van der Waals surface area contributed by atoms with Crippen LogP contribution in [0.25, 0.3) is 0 Å². The fourth-order valence-corrected chi connectivity index (χ4v) is 2.97. The number of nitrogens with zero attached hydrogens (tertiary/aromatic N) is 1. The van der Waals surface area contributed by atoms with Gasteiger partial charge in [0.05, 0.1) is 5.25 Å². The molecule has 0 spiro atoms. The molecular formula is C15H16NO3S-. The predicted octanol–water partition coefficient (Wildman–Crippen LogP) is 1.51. The third-order valence-corrected chi connectivity index (χ3v) is 4.29. The Morgan fingerprint density at radius 1 is 1.30 bits per heavy atom. The maximum absolute atomic E-state index is 11.6. The zero-order valence-corrected chi connectivity index (χ0v) is 12.5. The molecule has 1 aliphatic heterocycles. The highest BCUT2D eigenvalue weighted by Crippen LogP contribution is 2.30. The molecule has 0 bridgehead atoms. The molecule has 0 saturated carbocycles. The molecule has 1 heterocycles. The summed E-state index contributed by atoms with van der Waals surface area (Å²) < 4.78 is 0. The minimum Gasteiger partial charge on any atom is -0.550 e. The Hall–Kier alpha value is -1.62. The molecule has 4 nitrogen and oxygen atoms in total. The van der Waals surface area contributed by atoms with E-state index in [-0.39, 0.29) is 11.8 Å². The number of hydrogen-bond donors (Lipinski definition) is 0. The lowest BCUT2D eigenvalue weighted by Crippen LogP contribution is -2.28. The van der Waals surface area contributed by atoms with Crippen molar-refractivity contribution in [3.63, 3.8) is 0 Å². The van der Waals surface area contributed by atoms with Gasteiger partial charge in [0, 0.05) is 18.0 Å². The Balaban J connectivity index is 2.16. The number of carboxylic acid groups (broad SMARTS) is 1. The van der Waals surface area contributed by atoms with Gasteiger partial charge in [-0.2, -0.15) is 0 Å². The number of hydrogen-bond acceptors (Lipinski definition) is 4. The Kier molecular flexibility index (Phi) is 3.99. The Morgan fingerprint density at radius 3 is 2.40 bits per heavy atom. The summed E-state index contributed by atoms with van der Waals surface area (Å²) in [4.78, 5) is 26.1. The van der Waals surface area contributed by atoms with Crippen LogP contribution in [-0.2, 0) is 15.0 Å². The summed E-state index contributed by atoms with van der Waals surface area (Å²) in [6, 6.07) is 7.85. The van der Waals surface area contributed by atoms with E-state index in [1.165, 1.54) is 17.3 Å². The van der Waals surface area contributed by atoms with E-state index < -0.39 is 17.1 Å². The van der Waals surface area contributed by atoms with Gasteiger partial charge in [0.2, 0.25) is 0 Å². The normalized spacial score (nSPS) is 19.1. The molecule has 1 aliphatic rings. The van der Waals surface area contributed by atoms with Gasteiger partial charge >= 0.3 is 0 Å². The number of carbonyl (C=O) groups excluding carboxylic acids is 2. The van der Waals surface area contributed by atoms with Gasteiger partial charge in [0.15, 0.2) is 0 Å². The molecule has 1 amide bonds. The van der Waals surface area contributed by atoms with Crippen molar-refractivity contribution in [1.82, 2.24) is 0 Å². The Morgan fingerprint density at radius 2 is 1.90 bits per heavy atom. The SMILES string of the molecule is CC(C)(C)c1ccc(C2=NC(=O)[C@H](CC(=O)[O-])S2)cc1. The van der Waals surface area contributed by atoms with Crippen LogP contribution >= 0.6 is 11.8 Å². The molecule has 0 radical (unpaired) electrons. The predicted molar refractivity (Wildman–Crippen MR) is 77.7 cm³/mol. The lowest BCUT2D eigenvalue weighted by molar-refractivity contribution is -0.305. The minimum atomic E-state index is -1.23. The fourth-order valence-electron chi connectivity index (χ4n) is 1.91. The first-order valence-corrected chi connectivity index (χ1v) is 7.25. The highest BCUT2D eigenvalue weighted by atomic mass is 32.2. The van der Waals surface area contributed by atoms with Gasteiger partial charge in [-0.1, -0.05) is 56.8 Å². The van der Waals surface area contributed by atoms with E-state index in [1.807, 2.05) is 24.3 Å². The van der Waals surface area contributed by atoms with Crippen LogP contribution in [-0.4, -0.2) is 22.2 Å². The van der Waals surface area contributed by atoms with Crippen molar-refractivity contribution >= 4 is 28.7 Å². The van der Waals surface area contributed by atoms with Gasteiger partial charge in [0.25, 0.3) is 5.91 Å². The number of rotatable bonds is 3. The van der Waals surface area contributed by atoms with Crippen LogP contribution in [0.3, 0.4) is 0 Å². The van der Waals surface area contributed by atoms with Crippen LogP contribution < -0.4 is 5.11 Å². The second-order valence-electron chi connectivity index (χ2n) is 5.77. The molecule has 2 rings (SSSR count). The maximum Gasteiger partial charge on any atom is 0.260 e. The summed E-state index contributed by atoms with van der Waals surface area (Å²) in [6.45, 7) is 6.38. The van der Waals surface area contributed by atoms with Crippen LogP contribution in [0, 0.1) is 0 Å². The highest BCUT2D eigenvalue weighted by molar-refractivity contribution is 8.16. The second kappa shape index (κ2) is 5.40. The quantitative estimate of drug-likeness (QED) is 0.846. The average Bonchev–Trinajstić information content (AvgIpc) is 2.69. The number of carboxylic acids is 1. The van der Waals surface area contributed by atoms with E-state index in [1.54, 1.807) is 0 Å². The number of aliphatic carboxylic acids is 1. The monoisotopic (exact) mass is 290 g/mol. The average molecular weight is 290 g/mol. The molecule has 5 heteroatoms. The first kappa shape index (κ1) is 14.8. The number of amides is 1. The first-order valence-electron chi connectivity index (χ1n) is 6.37.